The van der Waals surface area contributed by atoms with E-state index in [9.17, 15) is 4.79 Å². The minimum atomic E-state index is 0.00234. The lowest BCUT2D eigenvalue weighted by atomic mass is 10.3. The number of amides is 1. The molecule has 0 saturated carbocycles. The highest BCUT2D eigenvalue weighted by atomic mass is 79.9. The van der Waals surface area contributed by atoms with Gasteiger partial charge in [-0.3, -0.25) is 9.78 Å². The normalized spacial score (nSPS) is 9.69. The topological polar surface area (TPSA) is 42.0 Å². The van der Waals surface area contributed by atoms with Crippen LogP contribution in [0.5, 0.6) is 0 Å². The van der Waals surface area contributed by atoms with E-state index in [0.717, 1.165) is 11.4 Å². The lowest BCUT2D eigenvalue weighted by Gasteiger charge is -2.02. The van der Waals surface area contributed by atoms with E-state index in [2.05, 4.69) is 26.2 Å². The van der Waals surface area contributed by atoms with Gasteiger partial charge in [-0.2, -0.15) is 0 Å². The standard InChI is InChI=1S/C9H11BrN2O/c1-7-2-3-8(6-11-7)12-9(13)4-5-10/h2-3,6H,4-5H2,1H3,(H,12,13). The third-order valence-electron chi connectivity index (χ3n) is 1.52. The number of nitrogens with zero attached hydrogens (tertiary/aromatic N) is 1. The Labute approximate surface area is 85.7 Å². The average Bonchev–Trinajstić information content (AvgIpc) is 2.09. The molecular formula is C9H11BrN2O. The van der Waals surface area contributed by atoms with Crippen molar-refractivity contribution in [1.82, 2.24) is 4.98 Å². The zero-order valence-corrected chi connectivity index (χ0v) is 8.97. The third-order valence-corrected chi connectivity index (χ3v) is 1.91. The molecule has 1 N–H and O–H groups in total. The van der Waals surface area contributed by atoms with Crippen molar-refractivity contribution < 1.29 is 4.79 Å². The molecule has 0 unspecified atom stereocenters. The largest absolute Gasteiger partial charge is 0.325 e. The number of halogens is 1. The molecule has 1 rings (SSSR count). The van der Waals surface area contributed by atoms with Crippen LogP contribution in [0, 0.1) is 6.92 Å². The summed E-state index contributed by atoms with van der Waals surface area (Å²) in [5.74, 6) is 0.00234. The molecule has 0 fully saturated rings. The van der Waals surface area contributed by atoms with E-state index >= 15 is 0 Å². The van der Waals surface area contributed by atoms with E-state index in [4.69, 9.17) is 0 Å². The van der Waals surface area contributed by atoms with Crippen LogP contribution in [0.2, 0.25) is 0 Å². The first kappa shape index (κ1) is 10.2. The van der Waals surface area contributed by atoms with Crippen LogP contribution in [0.4, 0.5) is 5.69 Å². The highest BCUT2D eigenvalue weighted by Crippen LogP contribution is 2.05. The molecule has 0 aliphatic carbocycles. The quantitative estimate of drug-likeness (QED) is 0.826. The molecule has 0 bridgehead atoms. The minimum absolute atomic E-state index is 0.00234. The first-order chi connectivity index (χ1) is 6.22. The second kappa shape index (κ2) is 4.97. The molecule has 1 aromatic rings. The van der Waals surface area contributed by atoms with Crippen LogP contribution in [-0.2, 0) is 4.79 Å². The maximum Gasteiger partial charge on any atom is 0.225 e. The Morgan fingerprint density at radius 1 is 1.62 bits per heavy atom. The molecule has 0 saturated heterocycles. The van der Waals surface area contributed by atoms with E-state index in [0.29, 0.717) is 11.8 Å². The number of rotatable bonds is 3. The van der Waals surface area contributed by atoms with Gasteiger partial charge in [0.1, 0.15) is 0 Å². The van der Waals surface area contributed by atoms with Crippen molar-refractivity contribution in [2.75, 3.05) is 10.6 Å². The monoisotopic (exact) mass is 242 g/mol. The smallest absolute Gasteiger partial charge is 0.225 e. The van der Waals surface area contributed by atoms with Crippen molar-refractivity contribution in [3.8, 4) is 0 Å². The molecule has 70 valence electrons. The molecule has 0 radical (unpaired) electrons. The van der Waals surface area contributed by atoms with Gasteiger partial charge in [0, 0.05) is 17.4 Å². The molecule has 13 heavy (non-hydrogen) atoms. The second-order valence-corrected chi connectivity index (χ2v) is 3.47. The van der Waals surface area contributed by atoms with E-state index in [-0.39, 0.29) is 5.91 Å². The summed E-state index contributed by atoms with van der Waals surface area (Å²) in [5, 5.41) is 3.42. The first-order valence-corrected chi connectivity index (χ1v) is 5.13. The molecule has 4 heteroatoms. The molecule has 0 atom stereocenters. The summed E-state index contributed by atoms with van der Waals surface area (Å²) in [4.78, 5) is 15.2. The summed E-state index contributed by atoms with van der Waals surface area (Å²) in [6.45, 7) is 1.91. The Morgan fingerprint density at radius 2 is 2.38 bits per heavy atom. The number of nitrogens with one attached hydrogen (secondary N) is 1. The maximum absolute atomic E-state index is 11.1. The summed E-state index contributed by atoms with van der Waals surface area (Å²) in [5.41, 5.74) is 1.69. The fourth-order valence-electron chi connectivity index (χ4n) is 0.851. The van der Waals surface area contributed by atoms with Gasteiger partial charge in [-0.25, -0.2) is 0 Å². The van der Waals surface area contributed by atoms with E-state index in [1.165, 1.54) is 0 Å². The van der Waals surface area contributed by atoms with Crippen LogP contribution in [0.25, 0.3) is 0 Å². The van der Waals surface area contributed by atoms with Gasteiger partial charge in [-0.15, -0.1) is 0 Å². The number of aryl methyl sites for hydroxylation is 1. The number of carbonyl (C=O) groups is 1. The second-order valence-electron chi connectivity index (χ2n) is 2.68. The van der Waals surface area contributed by atoms with Gasteiger partial charge in [-0.05, 0) is 19.1 Å². The zero-order valence-electron chi connectivity index (χ0n) is 7.38. The van der Waals surface area contributed by atoms with Crippen molar-refractivity contribution in [2.45, 2.75) is 13.3 Å². The van der Waals surface area contributed by atoms with Crippen molar-refractivity contribution in [2.24, 2.45) is 0 Å². The number of alkyl halides is 1. The lowest BCUT2D eigenvalue weighted by molar-refractivity contribution is -0.115. The summed E-state index contributed by atoms with van der Waals surface area (Å²) < 4.78 is 0. The van der Waals surface area contributed by atoms with Gasteiger partial charge >= 0.3 is 0 Å². The van der Waals surface area contributed by atoms with Gasteiger partial charge in [0.2, 0.25) is 5.91 Å². The molecule has 0 spiro atoms. The highest BCUT2D eigenvalue weighted by molar-refractivity contribution is 9.09. The number of anilines is 1. The summed E-state index contributed by atoms with van der Waals surface area (Å²) >= 11 is 3.20. The molecule has 3 nitrogen and oxygen atoms in total. The molecular weight excluding hydrogens is 232 g/mol. The van der Waals surface area contributed by atoms with Crippen LogP contribution in [-0.4, -0.2) is 16.2 Å². The highest BCUT2D eigenvalue weighted by Gasteiger charge is 2.00. The number of pyridine rings is 1. The van der Waals surface area contributed by atoms with Gasteiger partial charge in [-0.1, -0.05) is 15.9 Å². The molecule has 0 aliphatic rings. The Balaban J connectivity index is 2.54. The zero-order chi connectivity index (χ0) is 9.68. The summed E-state index contributed by atoms with van der Waals surface area (Å²) in [6.07, 6.45) is 2.13. The van der Waals surface area contributed by atoms with Crippen LogP contribution in [0.3, 0.4) is 0 Å². The van der Waals surface area contributed by atoms with Crippen molar-refractivity contribution >= 4 is 27.5 Å². The van der Waals surface area contributed by atoms with Crippen molar-refractivity contribution in [3.63, 3.8) is 0 Å². The van der Waals surface area contributed by atoms with Gasteiger partial charge < -0.3 is 5.32 Å². The average molecular weight is 243 g/mol. The fraction of sp³-hybridized carbons (Fsp3) is 0.333. The predicted molar refractivity (Wildman–Crippen MR) is 56.0 cm³/mol. The van der Waals surface area contributed by atoms with Gasteiger partial charge in [0.15, 0.2) is 0 Å². The van der Waals surface area contributed by atoms with E-state index < -0.39 is 0 Å². The van der Waals surface area contributed by atoms with Crippen molar-refractivity contribution in [3.05, 3.63) is 24.0 Å². The van der Waals surface area contributed by atoms with Crippen LogP contribution >= 0.6 is 15.9 Å². The fourth-order valence-corrected chi connectivity index (χ4v) is 1.21. The van der Waals surface area contributed by atoms with Gasteiger partial charge in [0.25, 0.3) is 0 Å². The van der Waals surface area contributed by atoms with Crippen LogP contribution < -0.4 is 5.32 Å². The number of hydrogen-bond acceptors (Lipinski definition) is 2. The molecule has 0 aliphatic heterocycles. The molecule has 0 aromatic carbocycles. The number of carbonyl (C=O) groups excluding carboxylic acids is 1. The minimum Gasteiger partial charge on any atom is -0.325 e. The molecule has 1 heterocycles. The Hall–Kier alpha value is -0.900. The third kappa shape index (κ3) is 3.55. The van der Waals surface area contributed by atoms with Crippen LogP contribution in [0.1, 0.15) is 12.1 Å². The lowest BCUT2D eigenvalue weighted by Crippen LogP contribution is -2.11. The van der Waals surface area contributed by atoms with E-state index in [1.54, 1.807) is 6.20 Å². The predicted octanol–water partition coefficient (Wildman–Crippen LogP) is 2.11. The first-order valence-electron chi connectivity index (χ1n) is 4.01. The number of aromatic nitrogens is 1. The molecule has 1 amide bonds. The van der Waals surface area contributed by atoms with Crippen LogP contribution in [0.15, 0.2) is 18.3 Å². The Kier molecular flexibility index (Phi) is 3.89. The van der Waals surface area contributed by atoms with Gasteiger partial charge in [0.05, 0.1) is 11.9 Å². The molecule has 1 aromatic heterocycles. The Bertz CT molecular complexity index is 284. The van der Waals surface area contributed by atoms with E-state index in [1.807, 2.05) is 19.1 Å². The van der Waals surface area contributed by atoms with Crippen molar-refractivity contribution in [1.29, 1.82) is 0 Å². The Morgan fingerprint density at radius 3 is 2.92 bits per heavy atom. The summed E-state index contributed by atoms with van der Waals surface area (Å²) in [7, 11) is 0. The number of hydrogen-bond donors (Lipinski definition) is 1. The SMILES string of the molecule is Cc1ccc(NC(=O)CCBr)cn1. The maximum atomic E-state index is 11.1. The summed E-state index contributed by atoms with van der Waals surface area (Å²) in [6, 6.07) is 3.71.